The Morgan fingerprint density at radius 3 is 2.00 bits per heavy atom. The van der Waals surface area contributed by atoms with Crippen molar-refractivity contribution in [3.63, 3.8) is 0 Å². The molecule has 25 heavy (non-hydrogen) atoms. The van der Waals surface area contributed by atoms with Crippen LogP contribution in [0.25, 0.3) is 5.57 Å². The molecule has 0 aromatic heterocycles. The minimum Gasteiger partial charge on any atom is -0.334 e. The maximum absolute atomic E-state index is 12.7. The highest BCUT2D eigenvalue weighted by molar-refractivity contribution is 14.1. The van der Waals surface area contributed by atoms with E-state index in [1.807, 2.05) is 30.3 Å². The van der Waals surface area contributed by atoms with E-state index < -0.39 is 5.54 Å². The van der Waals surface area contributed by atoms with Crippen molar-refractivity contribution in [2.45, 2.75) is 5.54 Å². The number of carbonyl (C=O) groups excluding carboxylic acids is 1. The van der Waals surface area contributed by atoms with E-state index in [0.717, 1.165) is 20.3 Å². The largest absolute Gasteiger partial charge is 0.334 e. The highest BCUT2D eigenvalue weighted by Crippen LogP contribution is 2.55. The van der Waals surface area contributed by atoms with Crippen LogP contribution in [-0.2, 0) is 5.54 Å². The monoisotopic (exact) mass is 435 g/mol. The molecule has 1 atom stereocenters. The van der Waals surface area contributed by atoms with Gasteiger partial charge in [0, 0.05) is 14.7 Å². The topological polar surface area (TPSA) is 29.1 Å². The summed E-state index contributed by atoms with van der Waals surface area (Å²) in [6, 6.07) is 26.7. The summed E-state index contributed by atoms with van der Waals surface area (Å²) in [6.07, 6.45) is 0. The lowest BCUT2D eigenvalue weighted by molar-refractivity contribution is 0.0950. The van der Waals surface area contributed by atoms with Gasteiger partial charge in [0.2, 0.25) is 0 Å². The third kappa shape index (κ3) is 1.87. The fourth-order valence-electron chi connectivity index (χ4n) is 4.04. The molecule has 0 unspecified atom stereocenters. The molecule has 1 spiro atoms. The predicted molar refractivity (Wildman–Crippen MR) is 108 cm³/mol. The number of hydrogen-bond acceptors (Lipinski definition) is 1. The van der Waals surface area contributed by atoms with Gasteiger partial charge in [0.05, 0.1) is 0 Å². The fraction of sp³-hybridized carbons (Fsp3) is 0.0455. The summed E-state index contributed by atoms with van der Waals surface area (Å²) >= 11 is 2.42. The molecule has 3 heteroatoms. The number of hydrogen-bond donors (Lipinski definition) is 1. The quantitative estimate of drug-likeness (QED) is 0.543. The van der Waals surface area contributed by atoms with Crippen LogP contribution in [0, 0.1) is 0 Å². The van der Waals surface area contributed by atoms with E-state index in [1.165, 1.54) is 16.7 Å². The van der Waals surface area contributed by atoms with E-state index >= 15 is 0 Å². The van der Waals surface area contributed by atoms with Gasteiger partial charge in [-0.25, -0.2) is 0 Å². The van der Waals surface area contributed by atoms with Crippen LogP contribution in [-0.4, -0.2) is 5.91 Å². The Balaban J connectivity index is 1.88. The first-order valence-corrected chi connectivity index (χ1v) is 9.29. The lowest BCUT2D eigenvalue weighted by atomic mass is 9.85. The average Bonchev–Trinajstić information content (AvgIpc) is 3.10. The standard InChI is InChI=1S/C22H14INO/c23-20-19(14-8-2-1-3-9-14)15-10-4-6-12-17(15)22(20)18-13-7-5-11-16(18)21(25)24-22/h1-13H,(H,24,25)/t22-/m0/s1. The zero-order valence-corrected chi connectivity index (χ0v) is 15.4. The predicted octanol–water partition coefficient (Wildman–Crippen LogP) is 4.88. The Morgan fingerprint density at radius 1 is 0.720 bits per heavy atom. The van der Waals surface area contributed by atoms with Gasteiger partial charge in [0.1, 0.15) is 5.54 Å². The molecular formula is C22H14INO. The minimum absolute atomic E-state index is 0.00567. The van der Waals surface area contributed by atoms with Crippen molar-refractivity contribution in [2.24, 2.45) is 0 Å². The van der Waals surface area contributed by atoms with Crippen molar-refractivity contribution in [1.82, 2.24) is 5.32 Å². The number of carbonyl (C=O) groups is 1. The first kappa shape index (κ1) is 14.9. The molecule has 2 nitrogen and oxygen atoms in total. The lowest BCUT2D eigenvalue weighted by Crippen LogP contribution is -2.39. The molecule has 5 rings (SSSR count). The van der Waals surface area contributed by atoms with E-state index in [0.29, 0.717) is 0 Å². The second kappa shape index (κ2) is 5.30. The van der Waals surface area contributed by atoms with Gasteiger partial charge >= 0.3 is 0 Å². The average molecular weight is 435 g/mol. The molecule has 3 aromatic rings. The first-order chi connectivity index (χ1) is 12.2. The first-order valence-electron chi connectivity index (χ1n) is 8.21. The van der Waals surface area contributed by atoms with Crippen LogP contribution in [0.5, 0.6) is 0 Å². The summed E-state index contributed by atoms with van der Waals surface area (Å²) in [7, 11) is 0. The van der Waals surface area contributed by atoms with E-state index in [-0.39, 0.29) is 5.91 Å². The Bertz CT molecular complexity index is 1050. The number of rotatable bonds is 1. The van der Waals surface area contributed by atoms with E-state index in [9.17, 15) is 4.79 Å². The Kier molecular flexibility index (Phi) is 3.16. The molecule has 0 saturated heterocycles. The number of halogens is 1. The van der Waals surface area contributed by atoms with Crippen LogP contribution in [0.3, 0.4) is 0 Å². The summed E-state index contributed by atoms with van der Waals surface area (Å²) in [5, 5.41) is 3.30. The van der Waals surface area contributed by atoms with E-state index in [4.69, 9.17) is 0 Å². The van der Waals surface area contributed by atoms with Crippen LogP contribution < -0.4 is 5.32 Å². The number of benzene rings is 3. The van der Waals surface area contributed by atoms with Gasteiger partial charge < -0.3 is 5.32 Å². The fourth-order valence-corrected chi connectivity index (χ4v) is 5.36. The van der Waals surface area contributed by atoms with Crippen molar-refractivity contribution in [1.29, 1.82) is 0 Å². The zero-order valence-electron chi connectivity index (χ0n) is 13.3. The Labute approximate surface area is 159 Å². The zero-order chi connectivity index (χ0) is 17.0. The Morgan fingerprint density at radius 2 is 1.28 bits per heavy atom. The van der Waals surface area contributed by atoms with E-state index in [1.54, 1.807) is 0 Å². The van der Waals surface area contributed by atoms with Crippen LogP contribution in [0.15, 0.2) is 82.4 Å². The van der Waals surface area contributed by atoms with Gasteiger partial charge in [-0.05, 0) is 50.9 Å². The molecule has 0 bridgehead atoms. The lowest BCUT2D eigenvalue weighted by Gasteiger charge is -2.28. The van der Waals surface area contributed by atoms with Gasteiger partial charge in [-0.3, -0.25) is 4.79 Å². The summed E-state index contributed by atoms with van der Waals surface area (Å²) in [5.41, 5.74) is 5.95. The van der Waals surface area contributed by atoms with Gasteiger partial charge in [0.15, 0.2) is 0 Å². The molecular weight excluding hydrogens is 421 g/mol. The smallest absolute Gasteiger partial charge is 0.252 e. The second-order valence-electron chi connectivity index (χ2n) is 6.35. The maximum Gasteiger partial charge on any atom is 0.252 e. The third-order valence-electron chi connectivity index (χ3n) is 5.09. The van der Waals surface area contributed by atoms with Crippen molar-refractivity contribution < 1.29 is 4.79 Å². The summed E-state index contributed by atoms with van der Waals surface area (Å²) < 4.78 is 1.15. The molecule has 0 saturated carbocycles. The van der Waals surface area contributed by atoms with Crippen molar-refractivity contribution in [3.8, 4) is 0 Å². The number of nitrogens with one attached hydrogen (secondary N) is 1. The van der Waals surface area contributed by atoms with Gasteiger partial charge in [-0.1, -0.05) is 72.8 Å². The molecule has 1 amide bonds. The van der Waals surface area contributed by atoms with E-state index in [2.05, 4.69) is 76.4 Å². The highest BCUT2D eigenvalue weighted by atomic mass is 127. The van der Waals surface area contributed by atoms with Crippen molar-refractivity contribution in [3.05, 3.63) is 110 Å². The molecule has 1 aliphatic carbocycles. The van der Waals surface area contributed by atoms with Crippen molar-refractivity contribution in [2.75, 3.05) is 0 Å². The minimum atomic E-state index is -0.573. The number of amides is 1. The molecule has 2 aliphatic rings. The van der Waals surface area contributed by atoms with Gasteiger partial charge in [0.25, 0.3) is 5.91 Å². The molecule has 3 aromatic carbocycles. The van der Waals surface area contributed by atoms with Gasteiger partial charge in [-0.2, -0.15) is 0 Å². The maximum atomic E-state index is 12.7. The molecule has 0 radical (unpaired) electrons. The van der Waals surface area contributed by atoms with Gasteiger partial charge in [-0.15, -0.1) is 0 Å². The van der Waals surface area contributed by atoms with Crippen LogP contribution in [0.4, 0.5) is 0 Å². The van der Waals surface area contributed by atoms with Crippen LogP contribution in [0.2, 0.25) is 0 Å². The molecule has 0 fully saturated rings. The third-order valence-corrected chi connectivity index (χ3v) is 6.44. The summed E-state index contributed by atoms with van der Waals surface area (Å²) in [6.45, 7) is 0. The number of fused-ring (bicyclic) bond motifs is 4. The second-order valence-corrected chi connectivity index (χ2v) is 7.43. The molecule has 1 aliphatic heterocycles. The molecule has 1 N–H and O–H groups in total. The summed E-state index contributed by atoms with van der Waals surface area (Å²) in [5.74, 6) is -0.00567. The molecule has 120 valence electrons. The van der Waals surface area contributed by atoms with Crippen molar-refractivity contribution >= 4 is 34.1 Å². The highest BCUT2D eigenvalue weighted by Gasteiger charge is 2.52. The normalized spacial score (nSPS) is 20.6. The molecule has 1 heterocycles. The van der Waals surface area contributed by atoms with Crippen LogP contribution >= 0.6 is 22.6 Å². The summed E-state index contributed by atoms with van der Waals surface area (Å²) in [4.78, 5) is 12.7. The van der Waals surface area contributed by atoms with Crippen LogP contribution in [0.1, 0.15) is 32.6 Å². The Hall–Kier alpha value is -2.40. The SMILES string of the molecule is O=C1N[C@]2(C(I)=C(c3ccccc3)c3ccccc32)c2ccccc21.